The fourth-order valence-corrected chi connectivity index (χ4v) is 3.45. The van der Waals surface area contributed by atoms with Crippen LogP contribution in [0.15, 0.2) is 36.4 Å². The third-order valence-electron chi connectivity index (χ3n) is 4.36. The van der Waals surface area contributed by atoms with Crippen LogP contribution >= 0.6 is 0 Å². The summed E-state index contributed by atoms with van der Waals surface area (Å²) in [4.78, 5) is 25.7. The van der Waals surface area contributed by atoms with Gasteiger partial charge in [0.2, 0.25) is 11.8 Å². The second kappa shape index (κ2) is 4.19. The lowest BCUT2D eigenvalue weighted by molar-refractivity contribution is -0.137. The van der Waals surface area contributed by atoms with Crippen molar-refractivity contribution in [1.82, 2.24) is 0 Å². The first-order valence-corrected chi connectivity index (χ1v) is 6.77. The highest BCUT2D eigenvalue weighted by Gasteiger charge is 2.61. The maximum atomic E-state index is 13.1. The Morgan fingerprint density at radius 3 is 2.05 bits per heavy atom. The molecule has 2 fully saturated rings. The quantitative estimate of drug-likeness (QED) is 0.590. The lowest BCUT2D eigenvalue weighted by Crippen LogP contribution is -2.35. The van der Waals surface area contributed by atoms with Crippen LogP contribution in [0.1, 0.15) is 5.56 Å². The van der Waals surface area contributed by atoms with E-state index in [2.05, 4.69) is 0 Å². The largest absolute Gasteiger partial charge is 0.418 e. The molecule has 4 nitrogen and oxygen atoms in total. The van der Waals surface area contributed by atoms with E-state index in [-0.39, 0.29) is 0 Å². The number of para-hydroxylation sites is 1. The number of fused-ring (bicyclic) bond motifs is 5. The van der Waals surface area contributed by atoms with Crippen LogP contribution in [0.3, 0.4) is 0 Å². The van der Waals surface area contributed by atoms with Crippen LogP contribution < -0.4 is 4.90 Å². The van der Waals surface area contributed by atoms with Gasteiger partial charge in [-0.3, -0.25) is 9.59 Å². The number of imide groups is 1. The highest BCUT2D eigenvalue weighted by Crippen LogP contribution is 2.48. The van der Waals surface area contributed by atoms with Crippen molar-refractivity contribution in [3.8, 4) is 0 Å². The van der Waals surface area contributed by atoms with Gasteiger partial charge in [0.15, 0.2) is 0 Å². The van der Waals surface area contributed by atoms with Gasteiger partial charge in [0, 0.05) is 0 Å². The van der Waals surface area contributed by atoms with Gasteiger partial charge in [0.1, 0.15) is 0 Å². The number of anilines is 1. The zero-order valence-electron chi connectivity index (χ0n) is 11.1. The molecule has 2 saturated heterocycles. The Bertz CT molecular complexity index is 682. The number of hydrogen-bond donors (Lipinski definition) is 0. The molecule has 3 aliphatic heterocycles. The number of carbonyl (C=O) groups is 2. The monoisotopic (exact) mass is 309 g/mol. The number of amides is 2. The molecule has 1 aromatic rings. The van der Waals surface area contributed by atoms with E-state index in [4.69, 9.17) is 4.74 Å². The smallest absolute Gasteiger partial charge is 0.365 e. The minimum atomic E-state index is -4.64. The van der Waals surface area contributed by atoms with Crippen LogP contribution in [0, 0.1) is 11.8 Å². The lowest BCUT2D eigenvalue weighted by Gasteiger charge is -2.21. The van der Waals surface area contributed by atoms with Crippen molar-refractivity contribution < 1.29 is 27.5 Å². The summed E-state index contributed by atoms with van der Waals surface area (Å²) in [5, 5.41) is 0. The summed E-state index contributed by atoms with van der Waals surface area (Å²) in [6.07, 6.45) is -2.29. The number of halogens is 3. The van der Waals surface area contributed by atoms with Gasteiger partial charge in [-0.15, -0.1) is 0 Å². The molecule has 4 rings (SSSR count). The van der Waals surface area contributed by atoms with Crippen LogP contribution in [0.4, 0.5) is 18.9 Å². The summed E-state index contributed by atoms with van der Waals surface area (Å²) in [5.41, 5.74) is -1.39. The van der Waals surface area contributed by atoms with Crippen molar-refractivity contribution in [2.24, 2.45) is 11.8 Å². The maximum Gasteiger partial charge on any atom is 0.418 e. The predicted octanol–water partition coefficient (Wildman–Crippen LogP) is 2.15. The molecule has 3 heterocycles. The third kappa shape index (κ3) is 1.62. The highest BCUT2D eigenvalue weighted by molar-refractivity contribution is 6.23. The normalized spacial score (nSPS) is 33.0. The van der Waals surface area contributed by atoms with Gasteiger partial charge in [-0.05, 0) is 12.1 Å². The summed E-state index contributed by atoms with van der Waals surface area (Å²) in [5.74, 6) is -2.68. The van der Waals surface area contributed by atoms with E-state index in [1.807, 2.05) is 0 Å². The number of benzene rings is 1. The van der Waals surface area contributed by atoms with Crippen LogP contribution in [-0.4, -0.2) is 24.0 Å². The Kier molecular flexibility index (Phi) is 2.57. The molecule has 3 aliphatic rings. The molecule has 0 spiro atoms. The van der Waals surface area contributed by atoms with E-state index in [1.165, 1.54) is 12.1 Å². The molecule has 1 aromatic carbocycles. The first-order valence-electron chi connectivity index (χ1n) is 6.77. The zero-order chi connectivity index (χ0) is 15.6. The fourth-order valence-electron chi connectivity index (χ4n) is 3.45. The standard InChI is InChI=1S/C15H10F3NO3/c16-15(17,18)7-3-1-2-4-8(7)19-13(20)11-9-5-6-10(22-9)12(11)14(19)21/h1-6,9-12H. The molecule has 22 heavy (non-hydrogen) atoms. The summed E-state index contributed by atoms with van der Waals surface area (Å²) in [7, 11) is 0. The number of carbonyl (C=O) groups excluding carboxylic acids is 2. The molecule has 0 aromatic heterocycles. The lowest BCUT2D eigenvalue weighted by atomic mass is 9.85. The van der Waals surface area contributed by atoms with Gasteiger partial charge in [-0.1, -0.05) is 24.3 Å². The van der Waals surface area contributed by atoms with Crippen molar-refractivity contribution in [3.05, 3.63) is 42.0 Å². The van der Waals surface area contributed by atoms with E-state index in [0.29, 0.717) is 4.90 Å². The van der Waals surface area contributed by atoms with Gasteiger partial charge in [0.25, 0.3) is 0 Å². The van der Waals surface area contributed by atoms with Crippen molar-refractivity contribution in [2.75, 3.05) is 4.90 Å². The number of hydrogen-bond acceptors (Lipinski definition) is 3. The van der Waals surface area contributed by atoms with E-state index in [0.717, 1.165) is 12.1 Å². The summed E-state index contributed by atoms with van der Waals surface area (Å²) >= 11 is 0. The van der Waals surface area contributed by atoms with E-state index in [1.54, 1.807) is 12.2 Å². The Labute approximate surface area is 123 Å². The van der Waals surface area contributed by atoms with Gasteiger partial charge in [-0.2, -0.15) is 13.2 Å². The Hall–Kier alpha value is -2.15. The molecule has 0 radical (unpaired) electrons. The third-order valence-corrected chi connectivity index (χ3v) is 4.36. The molecule has 0 N–H and O–H groups in total. The number of alkyl halides is 3. The second-order valence-corrected chi connectivity index (χ2v) is 5.53. The first-order chi connectivity index (χ1) is 10.4. The van der Waals surface area contributed by atoms with Crippen LogP contribution in [-0.2, 0) is 20.5 Å². The predicted molar refractivity (Wildman–Crippen MR) is 68.7 cm³/mol. The topological polar surface area (TPSA) is 46.6 Å². The molecule has 2 amide bonds. The molecule has 7 heteroatoms. The van der Waals surface area contributed by atoms with E-state index < -0.39 is 53.3 Å². The molecule has 2 bridgehead atoms. The van der Waals surface area contributed by atoms with Crippen molar-refractivity contribution in [2.45, 2.75) is 18.4 Å². The Morgan fingerprint density at radius 1 is 0.955 bits per heavy atom. The summed E-state index contributed by atoms with van der Waals surface area (Å²) in [6, 6.07) is 4.62. The number of nitrogens with zero attached hydrogens (tertiary/aromatic N) is 1. The average Bonchev–Trinajstić information content (AvgIpc) is 3.12. The van der Waals surface area contributed by atoms with Crippen molar-refractivity contribution in [1.29, 1.82) is 0 Å². The van der Waals surface area contributed by atoms with Gasteiger partial charge in [0.05, 0.1) is 35.3 Å². The Balaban J connectivity index is 1.80. The molecule has 4 atom stereocenters. The molecule has 0 saturated carbocycles. The van der Waals surface area contributed by atoms with E-state index in [9.17, 15) is 22.8 Å². The first kappa shape index (κ1) is 13.5. The average molecular weight is 309 g/mol. The maximum absolute atomic E-state index is 13.1. The van der Waals surface area contributed by atoms with Gasteiger partial charge < -0.3 is 4.74 Å². The SMILES string of the molecule is O=C1C2C3C=CC(O3)C2C(=O)N1c1ccccc1C(F)(F)F. The van der Waals surface area contributed by atoms with Crippen LogP contribution in [0.2, 0.25) is 0 Å². The molecule has 4 unspecified atom stereocenters. The zero-order valence-corrected chi connectivity index (χ0v) is 11.1. The summed E-state index contributed by atoms with van der Waals surface area (Å²) < 4.78 is 44.8. The highest BCUT2D eigenvalue weighted by atomic mass is 19.4. The van der Waals surface area contributed by atoms with Gasteiger partial charge in [-0.25, -0.2) is 4.90 Å². The second-order valence-electron chi connectivity index (χ2n) is 5.53. The van der Waals surface area contributed by atoms with Crippen molar-refractivity contribution in [3.63, 3.8) is 0 Å². The minimum absolute atomic E-state index is 0.404. The van der Waals surface area contributed by atoms with E-state index >= 15 is 0 Å². The molecular formula is C15H10F3NO3. The molecule has 114 valence electrons. The molecule has 0 aliphatic carbocycles. The number of rotatable bonds is 1. The van der Waals surface area contributed by atoms with Crippen LogP contribution in [0.25, 0.3) is 0 Å². The minimum Gasteiger partial charge on any atom is -0.365 e. The fraction of sp³-hybridized carbons (Fsp3) is 0.333. The van der Waals surface area contributed by atoms with Crippen LogP contribution in [0.5, 0.6) is 0 Å². The van der Waals surface area contributed by atoms with Crippen molar-refractivity contribution >= 4 is 17.5 Å². The number of ether oxygens (including phenoxy) is 1. The summed E-state index contributed by atoms with van der Waals surface area (Å²) in [6.45, 7) is 0. The molecular weight excluding hydrogens is 299 g/mol. The Morgan fingerprint density at radius 2 is 1.50 bits per heavy atom. The van der Waals surface area contributed by atoms with Gasteiger partial charge >= 0.3 is 6.18 Å².